The van der Waals surface area contributed by atoms with Crippen molar-refractivity contribution in [2.45, 2.75) is 13.0 Å². The van der Waals surface area contributed by atoms with Gasteiger partial charge in [0.15, 0.2) is 5.65 Å². The minimum Gasteiger partial charge on any atom is -0.386 e. The number of aliphatic hydroxyl groups excluding tert-OH is 1. The number of fused-ring (bicyclic) bond motifs is 1. The van der Waals surface area contributed by atoms with Crippen molar-refractivity contribution in [3.05, 3.63) is 46.5 Å². The second-order valence-corrected chi connectivity index (χ2v) is 5.39. The molecule has 102 valence electrons. The Balaban J connectivity index is 1.84. The van der Waals surface area contributed by atoms with Crippen LogP contribution in [-0.2, 0) is 0 Å². The van der Waals surface area contributed by atoms with E-state index in [4.69, 9.17) is 0 Å². The number of thiophene rings is 1. The van der Waals surface area contributed by atoms with Gasteiger partial charge in [-0.25, -0.2) is 15.0 Å². The zero-order chi connectivity index (χ0) is 13.9. The summed E-state index contributed by atoms with van der Waals surface area (Å²) in [5.74, 6) is 1.36. The average molecular weight is 286 g/mol. The fourth-order valence-electron chi connectivity index (χ4n) is 1.98. The van der Waals surface area contributed by atoms with E-state index in [0.29, 0.717) is 23.8 Å². The summed E-state index contributed by atoms with van der Waals surface area (Å²) in [6.07, 6.45) is 1.16. The Hall–Kier alpha value is -2.05. The van der Waals surface area contributed by atoms with Gasteiger partial charge in [0, 0.05) is 17.6 Å². The van der Waals surface area contributed by atoms with Gasteiger partial charge in [0.25, 0.3) is 0 Å². The van der Waals surface area contributed by atoms with Crippen LogP contribution in [0.15, 0.2) is 35.8 Å². The Morgan fingerprint density at radius 1 is 1.30 bits per heavy atom. The molecule has 3 rings (SSSR count). The number of hydrogen-bond acceptors (Lipinski definition) is 6. The van der Waals surface area contributed by atoms with Crippen LogP contribution in [0, 0.1) is 6.92 Å². The molecule has 3 heterocycles. The quantitative estimate of drug-likeness (QED) is 0.771. The molecule has 5 nitrogen and oxygen atoms in total. The molecule has 0 radical (unpaired) electrons. The van der Waals surface area contributed by atoms with Gasteiger partial charge in [0.05, 0.1) is 5.39 Å². The van der Waals surface area contributed by atoms with Crippen LogP contribution in [0.1, 0.15) is 16.8 Å². The first-order chi connectivity index (χ1) is 9.74. The van der Waals surface area contributed by atoms with Crippen LogP contribution < -0.4 is 5.32 Å². The molecule has 0 aliphatic rings. The Labute approximate surface area is 120 Å². The molecule has 3 aromatic rings. The molecule has 2 N–H and O–H groups in total. The third kappa shape index (κ3) is 2.61. The maximum absolute atomic E-state index is 10.1. The summed E-state index contributed by atoms with van der Waals surface area (Å²) >= 11 is 1.54. The Morgan fingerprint density at radius 2 is 2.20 bits per heavy atom. The van der Waals surface area contributed by atoms with Gasteiger partial charge in [0.2, 0.25) is 0 Å². The van der Waals surface area contributed by atoms with Gasteiger partial charge in [-0.05, 0) is 30.5 Å². The fraction of sp³-hybridized carbons (Fsp3) is 0.214. The van der Waals surface area contributed by atoms with Gasteiger partial charge in [-0.15, -0.1) is 11.3 Å². The number of nitrogens with one attached hydrogen (secondary N) is 1. The van der Waals surface area contributed by atoms with Gasteiger partial charge in [-0.1, -0.05) is 6.07 Å². The molecular formula is C14H14N4OS. The van der Waals surface area contributed by atoms with Crippen molar-refractivity contribution in [2.24, 2.45) is 0 Å². The van der Waals surface area contributed by atoms with Crippen LogP contribution in [0.4, 0.5) is 5.82 Å². The lowest BCUT2D eigenvalue weighted by Gasteiger charge is -2.12. The minimum atomic E-state index is -0.544. The van der Waals surface area contributed by atoms with E-state index in [1.54, 1.807) is 6.20 Å². The monoisotopic (exact) mass is 286 g/mol. The highest BCUT2D eigenvalue weighted by atomic mass is 32.1. The number of aromatic nitrogens is 3. The molecule has 0 aromatic carbocycles. The van der Waals surface area contributed by atoms with Crippen LogP contribution in [0.3, 0.4) is 0 Å². The Kier molecular flexibility index (Phi) is 3.58. The number of pyridine rings is 1. The van der Waals surface area contributed by atoms with Gasteiger partial charge in [0.1, 0.15) is 17.7 Å². The molecule has 0 bridgehead atoms. The average Bonchev–Trinajstić information content (AvgIpc) is 2.98. The molecule has 0 saturated carbocycles. The third-order valence-electron chi connectivity index (χ3n) is 2.92. The lowest BCUT2D eigenvalue weighted by molar-refractivity contribution is 0.195. The van der Waals surface area contributed by atoms with Crippen molar-refractivity contribution in [1.82, 2.24) is 15.0 Å². The van der Waals surface area contributed by atoms with Gasteiger partial charge >= 0.3 is 0 Å². The smallest absolute Gasteiger partial charge is 0.164 e. The number of anilines is 1. The summed E-state index contributed by atoms with van der Waals surface area (Å²) in [5, 5.41) is 16.1. The lowest BCUT2D eigenvalue weighted by Crippen LogP contribution is -2.13. The van der Waals surface area contributed by atoms with Crippen LogP contribution in [0.2, 0.25) is 0 Å². The summed E-state index contributed by atoms with van der Waals surface area (Å²) in [6, 6.07) is 7.61. The number of rotatable bonds is 4. The third-order valence-corrected chi connectivity index (χ3v) is 3.89. The number of aryl methyl sites for hydroxylation is 1. The normalized spacial score (nSPS) is 12.5. The molecule has 0 aliphatic heterocycles. The van der Waals surface area contributed by atoms with Crippen molar-refractivity contribution < 1.29 is 5.11 Å². The standard InChI is InChI=1S/C14H14N4OS/c1-9-17-13-10(4-2-6-15-13)14(18-9)16-8-11(19)12-5-3-7-20-12/h2-7,11,19H,8H2,1H3,(H,15,16,17,18). The SMILES string of the molecule is Cc1nc(NCC(O)c2cccs2)c2cccnc2n1. The van der Waals surface area contributed by atoms with Gasteiger partial charge < -0.3 is 10.4 Å². The van der Waals surface area contributed by atoms with Crippen LogP contribution >= 0.6 is 11.3 Å². The van der Waals surface area contributed by atoms with E-state index >= 15 is 0 Å². The molecule has 1 unspecified atom stereocenters. The number of hydrogen-bond donors (Lipinski definition) is 2. The molecule has 0 saturated heterocycles. The van der Waals surface area contributed by atoms with E-state index in [0.717, 1.165) is 10.3 Å². The van der Waals surface area contributed by atoms with Crippen molar-refractivity contribution in [1.29, 1.82) is 0 Å². The molecule has 0 aliphatic carbocycles. The molecule has 20 heavy (non-hydrogen) atoms. The van der Waals surface area contributed by atoms with Crippen molar-refractivity contribution >= 4 is 28.2 Å². The largest absolute Gasteiger partial charge is 0.386 e. The fourth-order valence-corrected chi connectivity index (χ4v) is 2.69. The maximum Gasteiger partial charge on any atom is 0.164 e. The molecule has 0 amide bonds. The highest BCUT2D eigenvalue weighted by molar-refractivity contribution is 7.10. The second-order valence-electron chi connectivity index (χ2n) is 4.41. The van der Waals surface area contributed by atoms with Gasteiger partial charge in [-0.3, -0.25) is 0 Å². The number of nitrogens with zero attached hydrogens (tertiary/aromatic N) is 3. The first-order valence-electron chi connectivity index (χ1n) is 6.29. The molecule has 3 aromatic heterocycles. The molecule has 0 spiro atoms. The Morgan fingerprint density at radius 3 is 3.00 bits per heavy atom. The molecule has 0 fully saturated rings. The second kappa shape index (κ2) is 5.52. The van der Waals surface area contributed by atoms with E-state index in [9.17, 15) is 5.11 Å². The topological polar surface area (TPSA) is 70.9 Å². The number of aliphatic hydroxyl groups is 1. The molecular weight excluding hydrogens is 272 g/mol. The van der Waals surface area contributed by atoms with Crippen molar-refractivity contribution in [3.8, 4) is 0 Å². The molecule has 1 atom stereocenters. The zero-order valence-electron chi connectivity index (χ0n) is 10.9. The van der Waals surface area contributed by atoms with E-state index in [2.05, 4.69) is 20.3 Å². The first-order valence-corrected chi connectivity index (χ1v) is 7.17. The maximum atomic E-state index is 10.1. The minimum absolute atomic E-state index is 0.404. The zero-order valence-corrected chi connectivity index (χ0v) is 11.8. The molecule has 6 heteroatoms. The van der Waals surface area contributed by atoms with Gasteiger partial charge in [-0.2, -0.15) is 0 Å². The summed E-state index contributed by atoms with van der Waals surface area (Å²) in [4.78, 5) is 13.8. The van der Waals surface area contributed by atoms with E-state index in [1.165, 1.54) is 11.3 Å². The van der Waals surface area contributed by atoms with Crippen LogP contribution in [0.5, 0.6) is 0 Å². The summed E-state index contributed by atoms with van der Waals surface area (Å²) in [5.41, 5.74) is 0.660. The Bertz CT molecular complexity index is 714. The summed E-state index contributed by atoms with van der Waals surface area (Å²) in [6.45, 7) is 2.23. The highest BCUT2D eigenvalue weighted by Crippen LogP contribution is 2.22. The predicted octanol–water partition coefficient (Wildman–Crippen LogP) is 2.54. The van der Waals surface area contributed by atoms with E-state index in [-0.39, 0.29) is 0 Å². The van der Waals surface area contributed by atoms with Crippen molar-refractivity contribution in [3.63, 3.8) is 0 Å². The summed E-state index contributed by atoms with van der Waals surface area (Å²) < 4.78 is 0. The van der Waals surface area contributed by atoms with Crippen molar-refractivity contribution in [2.75, 3.05) is 11.9 Å². The predicted molar refractivity (Wildman–Crippen MR) is 79.8 cm³/mol. The van der Waals surface area contributed by atoms with E-state index < -0.39 is 6.10 Å². The van der Waals surface area contributed by atoms with E-state index in [1.807, 2.05) is 36.6 Å². The highest BCUT2D eigenvalue weighted by Gasteiger charge is 2.11. The van der Waals surface area contributed by atoms with Crippen LogP contribution in [0.25, 0.3) is 11.0 Å². The first kappa shape index (κ1) is 13.0. The lowest BCUT2D eigenvalue weighted by atomic mass is 10.2. The summed E-state index contributed by atoms with van der Waals surface area (Å²) in [7, 11) is 0. The van der Waals surface area contributed by atoms with Crippen LogP contribution in [-0.4, -0.2) is 26.6 Å².